The van der Waals surface area contributed by atoms with Gasteiger partial charge in [0.1, 0.15) is 12.4 Å². The molecule has 3 atom stereocenters. The molecule has 1 aliphatic rings. The summed E-state index contributed by atoms with van der Waals surface area (Å²) in [5.74, 6) is 1.33. The summed E-state index contributed by atoms with van der Waals surface area (Å²) in [6, 6.07) is 3.67. The summed E-state index contributed by atoms with van der Waals surface area (Å²) < 4.78 is 16.0. The monoisotopic (exact) mass is 269 g/mol. The first kappa shape index (κ1) is 14.5. The zero-order chi connectivity index (χ0) is 13.5. The van der Waals surface area contributed by atoms with Gasteiger partial charge in [-0.15, -0.1) is 0 Å². The molecule has 19 heavy (non-hydrogen) atoms. The Labute approximate surface area is 113 Å². The largest absolute Gasteiger partial charge is 0.467 e. The van der Waals surface area contributed by atoms with E-state index in [0.29, 0.717) is 31.8 Å². The molecule has 0 spiro atoms. The molecular weight excluding hydrogens is 246 g/mol. The highest BCUT2D eigenvalue weighted by Crippen LogP contribution is 2.19. The van der Waals surface area contributed by atoms with E-state index >= 15 is 0 Å². The van der Waals surface area contributed by atoms with Gasteiger partial charge in [0.2, 0.25) is 0 Å². The maximum Gasteiger partial charge on any atom is 0.129 e. The van der Waals surface area contributed by atoms with Gasteiger partial charge in [0.15, 0.2) is 0 Å². The second kappa shape index (κ2) is 7.65. The maximum atomic E-state index is 9.77. The third-order valence-electron chi connectivity index (χ3n) is 3.45. The van der Waals surface area contributed by atoms with Crippen LogP contribution < -0.4 is 5.32 Å². The second-order valence-corrected chi connectivity index (χ2v) is 5.03. The van der Waals surface area contributed by atoms with E-state index in [9.17, 15) is 5.11 Å². The van der Waals surface area contributed by atoms with Crippen molar-refractivity contribution in [2.75, 3.05) is 26.3 Å². The quantitative estimate of drug-likeness (QED) is 0.742. The molecule has 1 fully saturated rings. The van der Waals surface area contributed by atoms with Crippen molar-refractivity contribution in [1.82, 2.24) is 5.32 Å². The molecule has 2 N–H and O–H groups in total. The summed E-state index contributed by atoms with van der Waals surface area (Å²) in [5, 5.41) is 13.0. The lowest BCUT2D eigenvalue weighted by Gasteiger charge is -2.17. The molecule has 1 saturated heterocycles. The Morgan fingerprint density at radius 3 is 3.16 bits per heavy atom. The zero-order valence-corrected chi connectivity index (χ0v) is 11.4. The highest BCUT2D eigenvalue weighted by molar-refractivity contribution is 4.96. The second-order valence-electron chi connectivity index (χ2n) is 5.03. The van der Waals surface area contributed by atoms with Crippen molar-refractivity contribution in [2.45, 2.75) is 32.2 Å². The van der Waals surface area contributed by atoms with Crippen molar-refractivity contribution in [3.8, 4) is 0 Å². The predicted molar refractivity (Wildman–Crippen MR) is 70.8 cm³/mol. The van der Waals surface area contributed by atoms with Crippen molar-refractivity contribution in [3.05, 3.63) is 24.2 Å². The Hall–Kier alpha value is -0.880. The van der Waals surface area contributed by atoms with Gasteiger partial charge in [-0.3, -0.25) is 0 Å². The fourth-order valence-corrected chi connectivity index (χ4v) is 2.23. The fourth-order valence-electron chi connectivity index (χ4n) is 2.23. The van der Waals surface area contributed by atoms with Crippen molar-refractivity contribution < 1.29 is 19.0 Å². The predicted octanol–water partition coefficient (Wildman–Crippen LogP) is 1.17. The summed E-state index contributed by atoms with van der Waals surface area (Å²) in [6.07, 6.45) is 2.54. The van der Waals surface area contributed by atoms with Gasteiger partial charge in [0.05, 0.1) is 25.1 Å². The molecule has 0 radical (unpaired) electrons. The molecule has 2 rings (SSSR count). The molecule has 5 heteroatoms. The van der Waals surface area contributed by atoms with Gasteiger partial charge in [0.25, 0.3) is 0 Å². The third kappa shape index (κ3) is 4.95. The van der Waals surface area contributed by atoms with Crippen LogP contribution >= 0.6 is 0 Å². The summed E-state index contributed by atoms with van der Waals surface area (Å²) in [6.45, 7) is 5.09. The van der Waals surface area contributed by atoms with E-state index in [-0.39, 0.29) is 0 Å². The molecule has 1 aromatic heterocycles. The number of ether oxygens (including phenoxy) is 2. The van der Waals surface area contributed by atoms with Crippen LogP contribution in [0.4, 0.5) is 0 Å². The average molecular weight is 269 g/mol. The number of hydrogen-bond donors (Lipinski definition) is 2. The van der Waals surface area contributed by atoms with E-state index in [1.807, 2.05) is 12.1 Å². The van der Waals surface area contributed by atoms with Gasteiger partial charge in [0, 0.05) is 19.7 Å². The summed E-state index contributed by atoms with van der Waals surface area (Å²) in [5.41, 5.74) is 0. The number of aliphatic hydroxyl groups excluding tert-OH is 1. The minimum Gasteiger partial charge on any atom is -0.467 e. The molecule has 0 bridgehead atoms. The van der Waals surface area contributed by atoms with E-state index in [1.165, 1.54) is 0 Å². The van der Waals surface area contributed by atoms with Crippen molar-refractivity contribution >= 4 is 0 Å². The molecule has 0 aromatic carbocycles. The van der Waals surface area contributed by atoms with Crippen LogP contribution in [0.15, 0.2) is 22.8 Å². The van der Waals surface area contributed by atoms with E-state index < -0.39 is 6.10 Å². The van der Waals surface area contributed by atoms with Gasteiger partial charge >= 0.3 is 0 Å². The van der Waals surface area contributed by atoms with Gasteiger partial charge < -0.3 is 24.3 Å². The smallest absolute Gasteiger partial charge is 0.129 e. The summed E-state index contributed by atoms with van der Waals surface area (Å²) >= 11 is 0. The van der Waals surface area contributed by atoms with E-state index in [4.69, 9.17) is 13.9 Å². The standard InChI is InChI=1S/C14H23NO4/c1-11-12(4-6-18-11)7-15-8-13(16)9-17-10-14-3-2-5-19-14/h2-3,5,11-13,15-16H,4,6-10H2,1H3. The number of aliphatic hydroxyl groups is 1. The summed E-state index contributed by atoms with van der Waals surface area (Å²) in [7, 11) is 0. The van der Waals surface area contributed by atoms with Crippen LogP contribution in [-0.4, -0.2) is 43.6 Å². The lowest BCUT2D eigenvalue weighted by Crippen LogP contribution is -2.35. The van der Waals surface area contributed by atoms with Crippen LogP contribution in [0, 0.1) is 5.92 Å². The van der Waals surface area contributed by atoms with E-state index in [2.05, 4.69) is 12.2 Å². The normalized spacial score (nSPS) is 24.7. The fraction of sp³-hybridized carbons (Fsp3) is 0.714. The van der Waals surface area contributed by atoms with Gasteiger partial charge in [-0.25, -0.2) is 0 Å². The molecule has 3 unspecified atom stereocenters. The first-order valence-electron chi connectivity index (χ1n) is 6.86. The molecule has 0 amide bonds. The van der Waals surface area contributed by atoms with Gasteiger partial charge in [-0.05, 0) is 31.4 Å². The van der Waals surface area contributed by atoms with Crippen molar-refractivity contribution in [3.63, 3.8) is 0 Å². The topological polar surface area (TPSA) is 63.9 Å². The summed E-state index contributed by atoms with van der Waals surface area (Å²) in [4.78, 5) is 0. The number of hydrogen-bond acceptors (Lipinski definition) is 5. The first-order chi connectivity index (χ1) is 9.25. The highest BCUT2D eigenvalue weighted by atomic mass is 16.5. The van der Waals surface area contributed by atoms with E-state index in [0.717, 1.165) is 25.3 Å². The van der Waals surface area contributed by atoms with Crippen LogP contribution in [0.2, 0.25) is 0 Å². The molecule has 108 valence electrons. The molecule has 5 nitrogen and oxygen atoms in total. The van der Waals surface area contributed by atoms with Crippen LogP contribution in [0.1, 0.15) is 19.1 Å². The van der Waals surface area contributed by atoms with Gasteiger partial charge in [-0.1, -0.05) is 0 Å². The maximum absolute atomic E-state index is 9.77. The Bertz CT molecular complexity index is 341. The van der Waals surface area contributed by atoms with Crippen LogP contribution in [0.3, 0.4) is 0 Å². The number of furan rings is 1. The lowest BCUT2D eigenvalue weighted by atomic mass is 10.0. The zero-order valence-electron chi connectivity index (χ0n) is 11.4. The average Bonchev–Trinajstić information content (AvgIpc) is 3.02. The number of rotatable bonds is 8. The highest BCUT2D eigenvalue weighted by Gasteiger charge is 2.23. The molecule has 0 aliphatic carbocycles. The lowest BCUT2D eigenvalue weighted by molar-refractivity contribution is 0.0218. The van der Waals surface area contributed by atoms with E-state index in [1.54, 1.807) is 6.26 Å². The SMILES string of the molecule is CC1OCCC1CNCC(O)COCc1ccco1. The molecular formula is C14H23NO4. The molecule has 0 saturated carbocycles. The molecule has 2 heterocycles. The Morgan fingerprint density at radius 2 is 2.47 bits per heavy atom. The third-order valence-corrected chi connectivity index (χ3v) is 3.45. The Kier molecular flexibility index (Phi) is 5.85. The number of nitrogens with one attached hydrogen (secondary N) is 1. The van der Waals surface area contributed by atoms with Crippen LogP contribution in [0.25, 0.3) is 0 Å². The van der Waals surface area contributed by atoms with Crippen LogP contribution in [-0.2, 0) is 16.1 Å². The Balaban J connectivity index is 1.51. The molecule has 1 aromatic rings. The first-order valence-corrected chi connectivity index (χ1v) is 6.86. The minimum absolute atomic E-state index is 0.310. The van der Waals surface area contributed by atoms with Crippen molar-refractivity contribution in [1.29, 1.82) is 0 Å². The van der Waals surface area contributed by atoms with Crippen molar-refractivity contribution in [2.24, 2.45) is 5.92 Å². The van der Waals surface area contributed by atoms with Gasteiger partial charge in [-0.2, -0.15) is 0 Å². The Morgan fingerprint density at radius 1 is 1.58 bits per heavy atom. The minimum atomic E-state index is -0.493. The van der Waals surface area contributed by atoms with Crippen LogP contribution in [0.5, 0.6) is 0 Å². The molecule has 1 aliphatic heterocycles.